The van der Waals surface area contributed by atoms with Crippen molar-refractivity contribution in [1.29, 1.82) is 0 Å². The van der Waals surface area contributed by atoms with Crippen LogP contribution in [0.1, 0.15) is 50.6 Å². The number of carbonyl (C=O) groups is 1. The molecule has 2 rings (SSSR count). The predicted octanol–water partition coefficient (Wildman–Crippen LogP) is 3.69. The highest BCUT2D eigenvalue weighted by molar-refractivity contribution is 7.81. The van der Waals surface area contributed by atoms with Gasteiger partial charge in [0.1, 0.15) is 5.75 Å². The smallest absolute Gasteiger partial charge is 0.394 e. The third-order valence-electron chi connectivity index (χ3n) is 4.45. The van der Waals surface area contributed by atoms with Crippen LogP contribution < -0.4 is 9.50 Å². The highest BCUT2D eigenvalue weighted by Crippen LogP contribution is 2.24. The first-order valence-electron chi connectivity index (χ1n) is 9.04. The van der Waals surface area contributed by atoms with Crippen molar-refractivity contribution in [1.82, 2.24) is 10.2 Å². The summed E-state index contributed by atoms with van der Waals surface area (Å²) in [5.74, 6) is -0.201. The van der Waals surface area contributed by atoms with E-state index in [2.05, 4.69) is 14.4 Å². The number of nitrogens with one attached hydrogen (secondary N) is 1. The SMILES string of the molecule is C[C@@H](NC(=O)CCCN1CCCCC1)c1ccc(OS(=O)C(F)(F)F)cc1. The Morgan fingerprint density at radius 3 is 2.44 bits per heavy atom. The Morgan fingerprint density at radius 1 is 1.22 bits per heavy atom. The molecule has 0 aliphatic carbocycles. The molecule has 2 atom stereocenters. The van der Waals surface area contributed by atoms with Crippen molar-refractivity contribution in [3.8, 4) is 5.75 Å². The average Bonchev–Trinajstić information content (AvgIpc) is 2.62. The van der Waals surface area contributed by atoms with Gasteiger partial charge >= 0.3 is 16.6 Å². The molecular formula is C18H25F3N2O3S. The molecule has 1 unspecified atom stereocenters. The number of benzene rings is 1. The molecule has 1 heterocycles. The Hall–Kier alpha value is -1.61. The van der Waals surface area contributed by atoms with Gasteiger partial charge in [0.15, 0.2) is 0 Å². The number of alkyl halides is 3. The van der Waals surface area contributed by atoms with Gasteiger partial charge < -0.3 is 14.4 Å². The van der Waals surface area contributed by atoms with Crippen LogP contribution >= 0.6 is 0 Å². The molecular weight excluding hydrogens is 381 g/mol. The topological polar surface area (TPSA) is 58.6 Å². The molecule has 0 aromatic heterocycles. The second kappa shape index (κ2) is 10.1. The van der Waals surface area contributed by atoms with E-state index >= 15 is 0 Å². The highest BCUT2D eigenvalue weighted by Gasteiger charge is 2.40. The van der Waals surface area contributed by atoms with Crippen molar-refractivity contribution in [2.24, 2.45) is 0 Å². The highest BCUT2D eigenvalue weighted by atomic mass is 32.2. The van der Waals surface area contributed by atoms with E-state index in [4.69, 9.17) is 0 Å². The van der Waals surface area contributed by atoms with Gasteiger partial charge in [-0.2, -0.15) is 13.2 Å². The fraction of sp³-hybridized carbons (Fsp3) is 0.611. The lowest BCUT2D eigenvalue weighted by molar-refractivity contribution is -0.121. The van der Waals surface area contributed by atoms with Gasteiger partial charge in [0.05, 0.1) is 6.04 Å². The third kappa shape index (κ3) is 7.50. The van der Waals surface area contributed by atoms with Crippen LogP contribution in [-0.2, 0) is 15.9 Å². The fourth-order valence-electron chi connectivity index (χ4n) is 2.99. The van der Waals surface area contributed by atoms with E-state index in [1.807, 2.05) is 0 Å². The zero-order chi connectivity index (χ0) is 19.9. The molecule has 1 fully saturated rings. The number of carbonyl (C=O) groups excluding carboxylic acids is 1. The number of hydrogen-bond donors (Lipinski definition) is 1. The largest absolute Gasteiger partial charge is 0.508 e. The molecule has 0 saturated carbocycles. The monoisotopic (exact) mass is 406 g/mol. The lowest BCUT2D eigenvalue weighted by atomic mass is 10.1. The average molecular weight is 406 g/mol. The Balaban J connectivity index is 1.75. The molecule has 5 nitrogen and oxygen atoms in total. The molecule has 0 spiro atoms. The normalized spacial score (nSPS) is 17.9. The lowest BCUT2D eigenvalue weighted by Gasteiger charge is -2.26. The molecule has 1 aromatic carbocycles. The molecule has 1 amide bonds. The van der Waals surface area contributed by atoms with E-state index in [-0.39, 0.29) is 17.7 Å². The van der Waals surface area contributed by atoms with Crippen LogP contribution in [0.4, 0.5) is 13.2 Å². The number of amides is 1. The van der Waals surface area contributed by atoms with Gasteiger partial charge in [-0.05, 0) is 63.5 Å². The predicted molar refractivity (Wildman–Crippen MR) is 97.4 cm³/mol. The first kappa shape index (κ1) is 21.7. The van der Waals surface area contributed by atoms with Gasteiger partial charge in [-0.3, -0.25) is 4.79 Å². The molecule has 27 heavy (non-hydrogen) atoms. The van der Waals surface area contributed by atoms with E-state index in [0.29, 0.717) is 6.42 Å². The van der Waals surface area contributed by atoms with Crippen LogP contribution in [0.5, 0.6) is 5.75 Å². The number of nitrogens with zero attached hydrogens (tertiary/aromatic N) is 1. The lowest BCUT2D eigenvalue weighted by Crippen LogP contribution is -2.32. The molecule has 1 aliphatic heterocycles. The summed E-state index contributed by atoms with van der Waals surface area (Å²) in [6, 6.07) is 5.41. The van der Waals surface area contributed by atoms with Gasteiger partial charge in [-0.1, -0.05) is 18.6 Å². The molecule has 1 aliphatic rings. The molecule has 9 heteroatoms. The molecule has 1 N–H and O–H groups in total. The number of likely N-dealkylation sites (tertiary alicyclic amines) is 1. The van der Waals surface area contributed by atoms with Gasteiger partial charge in [-0.15, -0.1) is 0 Å². The zero-order valence-corrected chi connectivity index (χ0v) is 16.1. The van der Waals surface area contributed by atoms with Crippen molar-refractivity contribution in [3.05, 3.63) is 29.8 Å². The van der Waals surface area contributed by atoms with Crippen molar-refractivity contribution >= 4 is 17.0 Å². The second-order valence-corrected chi connectivity index (χ2v) is 7.73. The minimum absolute atomic E-state index is 0.0574. The third-order valence-corrected chi connectivity index (χ3v) is 5.17. The van der Waals surface area contributed by atoms with Crippen molar-refractivity contribution in [2.75, 3.05) is 19.6 Å². The van der Waals surface area contributed by atoms with Crippen molar-refractivity contribution in [3.63, 3.8) is 0 Å². The Morgan fingerprint density at radius 2 is 1.85 bits per heavy atom. The minimum Gasteiger partial charge on any atom is -0.394 e. The van der Waals surface area contributed by atoms with Gasteiger partial charge in [0, 0.05) is 6.42 Å². The Bertz CT molecular complexity index is 632. The van der Waals surface area contributed by atoms with E-state index in [1.165, 1.54) is 31.4 Å². The number of halogens is 3. The summed E-state index contributed by atoms with van der Waals surface area (Å²) in [5.41, 5.74) is -4.20. The first-order chi connectivity index (χ1) is 12.8. The zero-order valence-electron chi connectivity index (χ0n) is 15.3. The fourth-order valence-corrected chi connectivity index (χ4v) is 3.37. The first-order valence-corrected chi connectivity index (χ1v) is 10.1. The van der Waals surface area contributed by atoms with E-state index in [9.17, 15) is 22.2 Å². The number of rotatable bonds is 8. The standard InChI is InChI=1S/C18H25F3N2O3S/c1-14(22-17(24)6-5-13-23-11-3-2-4-12-23)15-7-9-16(10-8-15)26-27(25)18(19,20)21/h7-10,14H,2-6,11-13H2,1H3,(H,22,24)/t14-,27?/m1/s1. The summed E-state index contributed by atoms with van der Waals surface area (Å²) in [6.45, 7) is 4.92. The molecule has 152 valence electrons. The summed E-state index contributed by atoms with van der Waals surface area (Å²) in [4.78, 5) is 14.5. The van der Waals surface area contributed by atoms with Crippen LogP contribution in [0, 0.1) is 0 Å². The number of hydrogen-bond acceptors (Lipinski definition) is 4. The summed E-state index contributed by atoms with van der Waals surface area (Å²) in [7, 11) is 0. The minimum atomic E-state index is -4.92. The molecule has 0 bridgehead atoms. The molecule has 1 saturated heterocycles. The summed E-state index contributed by atoms with van der Waals surface area (Å²) < 4.78 is 52.0. The van der Waals surface area contributed by atoms with Gasteiger partial charge in [0.25, 0.3) is 0 Å². The van der Waals surface area contributed by atoms with E-state index in [0.717, 1.165) is 31.6 Å². The van der Waals surface area contributed by atoms with Crippen LogP contribution in [0.3, 0.4) is 0 Å². The van der Waals surface area contributed by atoms with Crippen LogP contribution in [0.25, 0.3) is 0 Å². The van der Waals surface area contributed by atoms with Crippen LogP contribution in [0.15, 0.2) is 24.3 Å². The van der Waals surface area contributed by atoms with Crippen molar-refractivity contribution < 1.29 is 26.4 Å². The molecule has 1 aromatic rings. The van der Waals surface area contributed by atoms with Gasteiger partial charge in [-0.25, -0.2) is 4.21 Å². The maximum absolute atomic E-state index is 12.2. The number of piperidine rings is 1. The van der Waals surface area contributed by atoms with Gasteiger partial charge in [0.2, 0.25) is 5.91 Å². The quantitative estimate of drug-likeness (QED) is 0.715. The summed E-state index contributed by atoms with van der Waals surface area (Å²) >= 11 is -3.39. The maximum atomic E-state index is 12.2. The van der Waals surface area contributed by atoms with Crippen LogP contribution in [-0.4, -0.2) is 40.2 Å². The Labute approximate surface area is 159 Å². The Kier molecular flexibility index (Phi) is 8.09. The summed E-state index contributed by atoms with van der Waals surface area (Å²) in [5, 5.41) is 2.88. The van der Waals surface area contributed by atoms with E-state index in [1.54, 1.807) is 19.1 Å². The molecule has 0 radical (unpaired) electrons. The van der Waals surface area contributed by atoms with Crippen molar-refractivity contribution in [2.45, 2.75) is 50.6 Å². The summed E-state index contributed by atoms with van der Waals surface area (Å²) in [6.07, 6.45) is 4.96. The van der Waals surface area contributed by atoms with Crippen LogP contribution in [0.2, 0.25) is 0 Å². The second-order valence-electron chi connectivity index (χ2n) is 6.63. The maximum Gasteiger partial charge on any atom is 0.508 e. The van der Waals surface area contributed by atoms with E-state index < -0.39 is 16.6 Å².